The van der Waals surface area contributed by atoms with Gasteiger partial charge in [-0.05, 0) is 249 Å². The van der Waals surface area contributed by atoms with Gasteiger partial charge in [-0.1, -0.05) is 162 Å². The largest absolute Gasteiger partial charge is 0.511 e. The third-order valence-electron chi connectivity index (χ3n) is 33.4. The Bertz CT molecular complexity index is 8040. The maximum absolute atomic E-state index is 15.1. The van der Waals surface area contributed by atoms with Crippen LogP contribution in [0.2, 0.25) is 0 Å². The minimum atomic E-state index is -0.637. The molecule has 1 aliphatic heterocycles. The fourth-order valence-electron chi connectivity index (χ4n) is 25.4. The number of hydrogen-bond acceptors (Lipinski definition) is 18. The summed E-state index contributed by atoms with van der Waals surface area (Å²) < 4.78 is 541. The third-order valence-corrected chi connectivity index (χ3v) is 33.9. The Morgan fingerprint density at radius 2 is 0.774 bits per heavy atom. The number of aliphatic hydroxyl groups is 2. The number of benzene rings is 8. The lowest BCUT2D eigenvalue weighted by molar-refractivity contribution is -0.132. The number of carbonyl (C=O) groups excluding carboxylic acids is 2. The summed E-state index contributed by atoms with van der Waals surface area (Å²) in [5, 5.41) is 80.8. The van der Waals surface area contributed by atoms with E-state index in [0.29, 0.717) is 88.3 Å². The first-order valence-electron chi connectivity index (χ1n) is 95.8. The Labute approximate surface area is 997 Å². The molecule has 1 unspecified atom stereocenters. The van der Waals surface area contributed by atoms with E-state index in [2.05, 4.69) is 87.8 Å². The van der Waals surface area contributed by atoms with Crippen LogP contribution in [-0.2, 0) is 66.2 Å². The van der Waals surface area contributed by atoms with Gasteiger partial charge in [0.15, 0.2) is 11.6 Å². The first-order chi connectivity index (χ1) is 116. The zero-order valence-electron chi connectivity index (χ0n) is 175. The van der Waals surface area contributed by atoms with Gasteiger partial charge in [0.25, 0.3) is 0 Å². The van der Waals surface area contributed by atoms with Crippen LogP contribution in [0.4, 0.5) is 17.6 Å². The molecule has 8 aromatic carbocycles. The average molecular weight is 2290 g/mol. The second-order valence-corrected chi connectivity index (χ2v) is 43.0. The molecule has 6 aromatic heterocycles. The quantitative estimate of drug-likeness (QED) is 0.0897. The molecule has 22 nitrogen and oxygen atoms in total. The fraction of sp³-hybridized carbons (Fsp3) is 0.322. The minimum Gasteiger partial charge on any atom is -0.511 e. The Hall–Kier alpha value is -14.9. The number of hydrogen-bond donors (Lipinski definition) is 2. The highest BCUT2D eigenvalue weighted by Crippen LogP contribution is 2.60. The molecule has 0 bridgehead atoms. The lowest BCUT2D eigenvalue weighted by Crippen LogP contribution is -2.51. The highest BCUT2D eigenvalue weighted by molar-refractivity contribution is 9.10. The topological polar surface area (TPSA) is 311 Å². The summed E-state index contributed by atoms with van der Waals surface area (Å²) in [7, 11) is -0.480. The van der Waals surface area contributed by atoms with Crippen molar-refractivity contribution in [2.45, 2.75) is 187 Å². The zero-order chi connectivity index (χ0) is 195. The predicted molar refractivity (Wildman–Crippen MR) is 651 cm³/mol. The smallest absolute Gasteiger partial charge is 0.494 e. The Morgan fingerprint density at radius 1 is 0.432 bits per heavy atom. The predicted octanol–water partition coefficient (Wildman–Crippen LogP) is 35.7. The number of nitrogens with zero attached hydrogens (tertiary/aromatic N) is 16. The molecular formula is C118H202BBrF4N16O6. The van der Waals surface area contributed by atoms with Crippen molar-refractivity contribution in [1.82, 2.24) is 59.1 Å². The number of halogens is 5. The maximum Gasteiger partial charge on any atom is 0.494 e. The SMILES string of the molecule is C[C@H]1C(=O)C(C#N)=C[C@@]2(C)c3c(c(-c4ccccc4F)nn3-c3ccc(-c4ccncn4)cc3)CC[C@H]12.C[C@H]1C(=O)C(C#N)C[C@@]2(C)c3c(c(-c4ccccc4F)nn3-c3ccc(Br)cc3)CC[C@H]12.C[C@H]1C(O)=C(C#N)C[C@@]2(C)c3c(c(-c4ccccc4F)nn3-c3ccc(-c4ccncn4)cc3)CC[C@H]12.C[C@H]1C(O)=C(C#N)C[C@@]2(C)c3c(c(-c4ccccc4F)nn3-c3ccc(B4OC(C)(C)C(C)(C)O4)cc3)CC[C@H]12.[3HH].[3H][3H].[3H][3H].[3H][3H].[3H][3H].[3H][3H].[3H][3H].[3H][3H].[3H][3H].[3H][3H].[3H][3H].[3H][3H].[3H][3H].[3H][3H].[3H][3H].[3H][3H].[3H][3H].[3H][3H].[3H][3H].[3H][3H].[3H][3H].[3H][3H].[3H][3H].[3H][3H].[3H][3H].[3H][3H].[3H][3H].[3H][3H].[3H][3H].[3H][3H].[3H][3H].[3H][3H].[3H][3H].[3H][3H].[3H][3H].[3H][3H].[3H][3H].[3H][3H].[3H][3H].[3H][3H].[3H][3H].[3H][3H].[3H][3H].[3H][3H].[3H][3H].[3H][3H].[3H][3H]. The van der Waals surface area contributed by atoms with Gasteiger partial charge in [0.05, 0.1) is 126 Å². The highest BCUT2D eigenvalue weighted by Gasteiger charge is 2.59. The van der Waals surface area contributed by atoms with E-state index in [1.807, 2.05) is 214 Å². The number of allylic oxidation sites excluding steroid dienone is 6. The number of fused-ring (bicyclic) bond motifs is 12. The molecule has 828 valence electrons. The van der Waals surface area contributed by atoms with Crippen molar-refractivity contribution in [2.24, 2.45) is 53.3 Å². The summed E-state index contributed by atoms with van der Waals surface area (Å²) >= 11 is 3.49. The molecule has 1 saturated heterocycles. The van der Waals surface area contributed by atoms with Crippen LogP contribution in [0.3, 0.4) is 0 Å². The number of ketones is 2. The zero-order valence-corrected chi connectivity index (χ0v) is 84.7. The van der Waals surface area contributed by atoms with Crippen LogP contribution in [0.25, 0.3) is 90.3 Å². The summed E-state index contributed by atoms with van der Waals surface area (Å²) in [6.45, 7) is 24.6. The molecule has 2 N–H and O–H groups in total. The molecule has 23 rings (SSSR count). The highest BCUT2D eigenvalue weighted by atomic mass is 79.9. The average Bonchev–Trinajstić information content (AvgIpc) is 1.56. The van der Waals surface area contributed by atoms with Gasteiger partial charge in [0.2, 0.25) is 0 Å². The van der Waals surface area contributed by atoms with Crippen LogP contribution in [0, 0.1) is 122 Å². The third kappa shape index (κ3) is 16.7. The molecule has 14 aromatic rings. The van der Waals surface area contributed by atoms with E-state index >= 15 is 8.78 Å². The summed E-state index contributed by atoms with van der Waals surface area (Å²) in [5.74, 6) is -2.00. The standard InChI is InChI=1S/C32H35BFN3O3.C30H26FN5O.C30H24FN5O.C26H23BrFN3O.47H2/c1-19-25-16-15-24-27(23-9-7-8-10-26(23)34)36-37(29(24)32(25,6)17-20(18-35)28(19)38)22-13-11-21(12-14-22)33-39-30(2,3)31(4,5)40-33;2*1-18-24-12-11-23-27(22-5-3-4-6-25(22)31)35-36(29(23)30(24,2)15-20(16-32)28(18)37)21-9-7-19(8-10-21)26-13-14-33-17-34-26;1-15-21-12-11-20-23(19-5-3-4-6-22(19)28)30-31(18-9-7-17(27)8-10-18)25(20)26(21,2)13-16(14-29)24(15)32;;;;;;;;;;;;;;;;;;;;;;;;;;;;;;;;;;;;;;;;;;;;;;;/h7-14,19,25,38H,15-17H2,1-6H3;3-10,13-14,17-18,24,37H,11-12,15H2,1-2H3;3-10,13-15,17-18,24H,11-12H2,1-2H3;3-10,15-16,21H,11-13H2,1-2H3;47*1H/t19-,25-,32-;2*18-,24-,30-;15-,16?,21-,26-;;;;;;;;;;;;;;;;;;;;;;;;;;;;;;;;;;;;;;;;;;;;;;;/m1111.............................................../s1/i;;;;46*1+2T;1+2. The van der Waals surface area contributed by atoms with Crippen molar-refractivity contribution in [1.29, 1.82) is 21.0 Å². The first-order valence-corrected chi connectivity index (χ1v) is 50.6. The molecule has 8 aliphatic carbocycles. The number of nitriles is 4. The molecule has 13 atom stereocenters. The monoisotopic (exact) mass is 2290 g/mol. The van der Waals surface area contributed by atoms with E-state index < -0.39 is 45.9 Å². The minimum absolute atomic E-state index is 0. The number of rotatable bonds is 11. The van der Waals surface area contributed by atoms with Crippen LogP contribution in [0.15, 0.2) is 270 Å². The number of aliphatic hydroxyl groups excluding tert-OH is 2. The van der Waals surface area contributed by atoms with Crippen molar-refractivity contribution < 1.29 is 185 Å². The van der Waals surface area contributed by atoms with Gasteiger partial charge in [-0.2, -0.15) is 41.4 Å². The lowest BCUT2D eigenvalue weighted by Gasteiger charge is -2.49. The summed E-state index contributed by atoms with van der Waals surface area (Å²) in [6.07, 6.45) is 15.6. The van der Waals surface area contributed by atoms with Crippen LogP contribution < -0.4 is 5.46 Å². The fourth-order valence-corrected chi connectivity index (χ4v) is 25.6. The molecule has 1 saturated carbocycles. The molecule has 2 fully saturated rings. The number of Topliss-reactive ketones (excluding diaryl/α,β-unsaturated/α-hetero) is 2. The maximum atomic E-state index is 15.1. The van der Waals surface area contributed by atoms with E-state index in [0.717, 1.165) is 139 Å². The summed E-state index contributed by atoms with van der Waals surface area (Å²) in [6, 6.07) is 71.1. The Kier molecular flexibility index (Phi) is 15.1. The van der Waals surface area contributed by atoms with Crippen molar-refractivity contribution in [3.05, 3.63) is 338 Å². The summed E-state index contributed by atoms with van der Waals surface area (Å²) in [5.41, 5.74) is 18.3. The number of carbonyl (C=O) groups is 2. The van der Waals surface area contributed by atoms with Crippen LogP contribution in [0.5, 0.6) is 0 Å². The summed E-state index contributed by atoms with van der Waals surface area (Å²) in [4.78, 5) is 42.4. The van der Waals surface area contributed by atoms with Crippen molar-refractivity contribution in [2.75, 3.05) is 0 Å². The molecule has 28 heteroatoms. The van der Waals surface area contributed by atoms with Crippen LogP contribution in [0.1, 0.15) is 311 Å². The molecule has 0 radical (unpaired) electrons. The van der Waals surface area contributed by atoms with E-state index in [4.69, 9.17) is 166 Å². The normalized spacial score (nSPS) is 27.2. The van der Waals surface area contributed by atoms with Crippen LogP contribution >= 0.6 is 15.9 Å². The molecule has 0 spiro atoms. The van der Waals surface area contributed by atoms with E-state index in [-0.39, 0.29) is 101 Å². The molecule has 7 heterocycles. The van der Waals surface area contributed by atoms with E-state index in [9.17, 15) is 49.6 Å². The Morgan fingerprint density at radius 3 is 1.13 bits per heavy atom. The van der Waals surface area contributed by atoms with Gasteiger partial charge in [0.1, 0.15) is 59.4 Å². The van der Waals surface area contributed by atoms with Crippen molar-refractivity contribution in [3.8, 4) is 115 Å². The lowest BCUT2D eigenvalue weighted by atomic mass is 9.54. The van der Waals surface area contributed by atoms with Gasteiger partial charge in [-0.3, -0.25) is 9.59 Å². The molecule has 9 aliphatic rings. The second-order valence-electron chi connectivity index (χ2n) is 42.1. The molecule has 146 heavy (non-hydrogen) atoms. The van der Waals surface area contributed by atoms with Gasteiger partial charge in [0, 0.05) is 256 Å². The van der Waals surface area contributed by atoms with Gasteiger partial charge < -0.3 is 19.5 Å². The van der Waals surface area contributed by atoms with Gasteiger partial charge >= 0.3 is 7.12 Å². The van der Waals surface area contributed by atoms with Crippen molar-refractivity contribution >= 4 is 40.1 Å². The van der Waals surface area contributed by atoms with Crippen molar-refractivity contribution in [3.63, 3.8) is 0 Å². The number of aromatic nitrogens is 12. The Balaban J connectivity index is -0.0000000820. The van der Waals surface area contributed by atoms with E-state index in [1.165, 1.54) is 36.9 Å². The van der Waals surface area contributed by atoms with E-state index in [1.54, 1.807) is 60.9 Å². The van der Waals surface area contributed by atoms with Gasteiger partial charge in [-0.15, -0.1) is 0 Å². The molecular weight excluding hydrogens is 1900 g/mol. The van der Waals surface area contributed by atoms with Gasteiger partial charge in [-0.25, -0.2) is 56.2 Å². The van der Waals surface area contributed by atoms with Crippen LogP contribution in [-0.4, -0.2) is 99.2 Å². The molecule has 0 amide bonds. The second kappa shape index (κ2) is 38.2. The first kappa shape index (κ1) is 57.7.